The van der Waals surface area contributed by atoms with Crippen LogP contribution in [0.5, 0.6) is 11.5 Å². The van der Waals surface area contributed by atoms with Gasteiger partial charge in [-0.3, -0.25) is 4.79 Å². The lowest BCUT2D eigenvalue weighted by molar-refractivity contribution is -0.147. The number of ether oxygens (including phenoxy) is 2. The van der Waals surface area contributed by atoms with Gasteiger partial charge in [-0.15, -0.1) is 0 Å². The molecule has 0 heterocycles. The predicted octanol–water partition coefficient (Wildman–Crippen LogP) is 2.82. The number of benzene rings is 2. The van der Waals surface area contributed by atoms with Gasteiger partial charge in [0.15, 0.2) is 6.10 Å². The highest BCUT2D eigenvalue weighted by molar-refractivity contribution is 5.74. The fourth-order valence-electron chi connectivity index (χ4n) is 1.65. The van der Waals surface area contributed by atoms with Crippen LogP contribution in [0.2, 0.25) is 0 Å². The van der Waals surface area contributed by atoms with Crippen LogP contribution in [0.1, 0.15) is 25.0 Å². The van der Waals surface area contributed by atoms with Crippen LogP contribution in [-0.4, -0.2) is 29.3 Å². The van der Waals surface area contributed by atoms with Gasteiger partial charge in [0.2, 0.25) is 0 Å². The SMILES string of the molecule is CCC(=O)Oc1cccc(OC)c1.O=C(O)C(O)c1ccccc1. The van der Waals surface area contributed by atoms with E-state index in [0.29, 0.717) is 23.5 Å². The van der Waals surface area contributed by atoms with E-state index in [4.69, 9.17) is 19.7 Å². The van der Waals surface area contributed by atoms with Crippen molar-refractivity contribution in [1.82, 2.24) is 0 Å². The number of hydrogen-bond donors (Lipinski definition) is 2. The van der Waals surface area contributed by atoms with Gasteiger partial charge in [-0.1, -0.05) is 43.3 Å². The Balaban J connectivity index is 0.000000243. The van der Waals surface area contributed by atoms with Crippen molar-refractivity contribution >= 4 is 11.9 Å². The third-order valence-corrected chi connectivity index (χ3v) is 2.91. The van der Waals surface area contributed by atoms with Crippen molar-refractivity contribution in [2.45, 2.75) is 19.4 Å². The second-order valence-corrected chi connectivity index (χ2v) is 4.66. The molecule has 2 aromatic rings. The number of methoxy groups -OCH3 is 1. The number of carbonyl (C=O) groups excluding carboxylic acids is 1. The topological polar surface area (TPSA) is 93.1 Å². The molecule has 2 aromatic carbocycles. The first kappa shape index (κ1) is 19.2. The summed E-state index contributed by atoms with van der Waals surface area (Å²) >= 11 is 0. The maximum absolute atomic E-state index is 10.9. The van der Waals surface area contributed by atoms with E-state index in [-0.39, 0.29) is 5.97 Å². The molecule has 0 spiro atoms. The third-order valence-electron chi connectivity index (χ3n) is 2.91. The first-order valence-corrected chi connectivity index (χ1v) is 7.28. The van der Waals surface area contributed by atoms with E-state index in [1.807, 2.05) is 0 Å². The van der Waals surface area contributed by atoms with E-state index in [0.717, 1.165) is 0 Å². The molecule has 0 radical (unpaired) electrons. The number of carboxylic acid groups (broad SMARTS) is 1. The summed E-state index contributed by atoms with van der Waals surface area (Å²) in [4.78, 5) is 21.2. The quantitative estimate of drug-likeness (QED) is 0.646. The van der Waals surface area contributed by atoms with Crippen LogP contribution in [0, 0.1) is 0 Å². The van der Waals surface area contributed by atoms with Gasteiger partial charge in [0.25, 0.3) is 0 Å². The van der Waals surface area contributed by atoms with Crippen molar-refractivity contribution in [3.63, 3.8) is 0 Å². The summed E-state index contributed by atoms with van der Waals surface area (Å²) in [6.45, 7) is 1.75. The highest BCUT2D eigenvalue weighted by atomic mass is 16.5. The summed E-state index contributed by atoms with van der Waals surface area (Å²) in [5, 5.41) is 17.4. The minimum atomic E-state index is -1.41. The average Bonchev–Trinajstić information content (AvgIpc) is 2.62. The van der Waals surface area contributed by atoms with Gasteiger partial charge in [-0.25, -0.2) is 4.79 Å². The largest absolute Gasteiger partial charge is 0.497 e. The number of aliphatic hydroxyl groups is 1. The molecule has 1 unspecified atom stereocenters. The molecule has 2 N–H and O–H groups in total. The lowest BCUT2D eigenvalue weighted by Crippen LogP contribution is -2.09. The van der Waals surface area contributed by atoms with Gasteiger partial charge in [0, 0.05) is 12.5 Å². The van der Waals surface area contributed by atoms with Gasteiger partial charge in [0.1, 0.15) is 11.5 Å². The highest BCUT2D eigenvalue weighted by Crippen LogP contribution is 2.19. The van der Waals surface area contributed by atoms with Crippen molar-refractivity contribution in [3.8, 4) is 11.5 Å². The zero-order chi connectivity index (χ0) is 17.9. The number of aliphatic hydroxyl groups excluding tert-OH is 1. The maximum Gasteiger partial charge on any atom is 0.337 e. The standard InChI is InChI=1S/C10H12O3.C8H8O3/c1-3-10(11)13-9-6-4-5-8(7-9)12-2;9-7(8(10)11)6-4-2-1-3-5-6/h4-7H,3H2,1-2H3;1-5,7,9H,(H,10,11). The number of esters is 1. The summed E-state index contributed by atoms with van der Waals surface area (Å²) in [5.41, 5.74) is 0.403. The van der Waals surface area contributed by atoms with Crippen LogP contribution in [0.25, 0.3) is 0 Å². The molecule has 0 saturated carbocycles. The second-order valence-electron chi connectivity index (χ2n) is 4.66. The van der Waals surface area contributed by atoms with E-state index in [1.54, 1.807) is 68.6 Å². The normalized spacial score (nSPS) is 10.8. The molecule has 6 heteroatoms. The number of carbonyl (C=O) groups is 2. The zero-order valence-electron chi connectivity index (χ0n) is 13.5. The molecule has 128 valence electrons. The molecule has 0 amide bonds. The monoisotopic (exact) mass is 332 g/mol. The Morgan fingerprint density at radius 1 is 1.04 bits per heavy atom. The first-order chi connectivity index (χ1) is 11.5. The van der Waals surface area contributed by atoms with Gasteiger partial charge < -0.3 is 19.7 Å². The molecule has 0 aliphatic heterocycles. The van der Waals surface area contributed by atoms with E-state index >= 15 is 0 Å². The van der Waals surface area contributed by atoms with Crippen LogP contribution in [-0.2, 0) is 9.59 Å². The number of rotatable bonds is 5. The molecule has 0 aliphatic carbocycles. The van der Waals surface area contributed by atoms with Crippen LogP contribution in [0.3, 0.4) is 0 Å². The highest BCUT2D eigenvalue weighted by Gasteiger charge is 2.14. The minimum absolute atomic E-state index is 0.242. The molecule has 0 fully saturated rings. The van der Waals surface area contributed by atoms with E-state index in [2.05, 4.69) is 0 Å². The van der Waals surface area contributed by atoms with Crippen LogP contribution < -0.4 is 9.47 Å². The minimum Gasteiger partial charge on any atom is -0.497 e. The van der Waals surface area contributed by atoms with Gasteiger partial charge in [0.05, 0.1) is 7.11 Å². The van der Waals surface area contributed by atoms with Crippen molar-refractivity contribution in [1.29, 1.82) is 0 Å². The predicted molar refractivity (Wildman–Crippen MR) is 88.0 cm³/mol. The number of carboxylic acids is 1. The van der Waals surface area contributed by atoms with Crippen LogP contribution in [0.15, 0.2) is 54.6 Å². The second kappa shape index (κ2) is 10.0. The summed E-state index contributed by atoms with van der Waals surface area (Å²) in [5.74, 6) is -0.267. The van der Waals surface area contributed by atoms with Crippen molar-refractivity contribution < 1.29 is 29.3 Å². The van der Waals surface area contributed by atoms with E-state index in [1.165, 1.54) is 0 Å². The molecule has 2 rings (SSSR count). The summed E-state index contributed by atoms with van der Waals surface area (Å²) in [7, 11) is 1.57. The molecule has 24 heavy (non-hydrogen) atoms. The molecule has 0 aliphatic rings. The molecule has 0 bridgehead atoms. The fraction of sp³-hybridized carbons (Fsp3) is 0.222. The number of aliphatic carboxylic acids is 1. The van der Waals surface area contributed by atoms with E-state index in [9.17, 15) is 9.59 Å². The Morgan fingerprint density at radius 2 is 1.67 bits per heavy atom. The molecule has 6 nitrogen and oxygen atoms in total. The zero-order valence-corrected chi connectivity index (χ0v) is 13.5. The Bertz CT molecular complexity index is 654. The lowest BCUT2D eigenvalue weighted by Gasteiger charge is -2.04. The molecular weight excluding hydrogens is 312 g/mol. The summed E-state index contributed by atoms with van der Waals surface area (Å²) < 4.78 is 9.97. The average molecular weight is 332 g/mol. The molecule has 1 atom stereocenters. The van der Waals surface area contributed by atoms with Crippen LogP contribution in [0.4, 0.5) is 0 Å². The molecular formula is C18H20O6. The van der Waals surface area contributed by atoms with Gasteiger partial charge in [-0.05, 0) is 17.7 Å². The van der Waals surface area contributed by atoms with Crippen molar-refractivity contribution in [3.05, 3.63) is 60.2 Å². The van der Waals surface area contributed by atoms with E-state index < -0.39 is 12.1 Å². The fourth-order valence-corrected chi connectivity index (χ4v) is 1.65. The Kier molecular flexibility index (Phi) is 8.01. The third kappa shape index (κ3) is 6.50. The first-order valence-electron chi connectivity index (χ1n) is 7.28. The van der Waals surface area contributed by atoms with Gasteiger partial charge >= 0.3 is 11.9 Å². The summed E-state index contributed by atoms with van der Waals surface area (Å²) in [6, 6.07) is 15.2. The van der Waals surface area contributed by atoms with Crippen molar-refractivity contribution in [2.24, 2.45) is 0 Å². The lowest BCUT2D eigenvalue weighted by atomic mass is 10.1. The van der Waals surface area contributed by atoms with Crippen molar-refractivity contribution in [2.75, 3.05) is 7.11 Å². The summed E-state index contributed by atoms with van der Waals surface area (Å²) in [6.07, 6.45) is -1.03. The van der Waals surface area contributed by atoms with Gasteiger partial charge in [-0.2, -0.15) is 0 Å². The van der Waals surface area contributed by atoms with Crippen LogP contribution >= 0.6 is 0 Å². The molecule has 0 aromatic heterocycles. The maximum atomic E-state index is 10.9. The molecule has 0 saturated heterocycles. The smallest absolute Gasteiger partial charge is 0.337 e. The number of hydrogen-bond acceptors (Lipinski definition) is 5. The Labute approximate surface area is 140 Å². The Hall–Kier alpha value is -2.86. The Morgan fingerprint density at radius 3 is 2.21 bits per heavy atom.